The second-order valence-corrected chi connectivity index (χ2v) is 7.29. The molecule has 2 amide bonds. The number of carbonyl (C=O) groups excluding carboxylic acids is 2. The van der Waals surface area contributed by atoms with Crippen molar-refractivity contribution < 1.29 is 14.3 Å². The second kappa shape index (κ2) is 13.8. The highest BCUT2D eigenvalue weighted by atomic mass is 35.5. The highest BCUT2D eigenvalue weighted by Gasteiger charge is 2.15. The summed E-state index contributed by atoms with van der Waals surface area (Å²) in [5.74, 6) is 0.675. The first-order valence-corrected chi connectivity index (χ1v) is 9.89. The lowest BCUT2D eigenvalue weighted by Crippen LogP contribution is -2.41. The van der Waals surface area contributed by atoms with Gasteiger partial charge in [0.15, 0.2) is 0 Å². The van der Waals surface area contributed by atoms with E-state index in [1.165, 1.54) is 0 Å². The van der Waals surface area contributed by atoms with Gasteiger partial charge in [0.2, 0.25) is 11.8 Å². The molecule has 2 heterocycles. The van der Waals surface area contributed by atoms with E-state index in [1.807, 2.05) is 24.3 Å². The Morgan fingerprint density at radius 2 is 1.52 bits per heavy atom. The molecule has 2 saturated heterocycles. The highest BCUT2D eigenvalue weighted by molar-refractivity contribution is 5.93. The highest BCUT2D eigenvalue weighted by Crippen LogP contribution is 2.19. The number of benzene rings is 1. The van der Waals surface area contributed by atoms with Crippen molar-refractivity contribution in [2.75, 3.05) is 56.6 Å². The molecule has 2 aliphatic heterocycles. The molecular weight excluding hydrogens is 415 g/mol. The fourth-order valence-corrected chi connectivity index (χ4v) is 3.53. The molecule has 2 aliphatic rings. The van der Waals surface area contributed by atoms with Crippen LogP contribution in [0.4, 0.5) is 11.4 Å². The number of nitrogens with one attached hydrogen (secondary N) is 3. The first-order chi connectivity index (χ1) is 13.2. The standard InChI is InChI=1S/C20H30N4O3.2ClH/c25-19(6-1-16-7-9-21-10-8-16)22-17-2-4-18(5-3-17)23-20(26)15-24-11-13-27-14-12-24;;/h2-5,16,21H,1,6-15H2,(H,22,25)(H,23,26);2*1H. The quantitative estimate of drug-likeness (QED) is 0.599. The fraction of sp³-hybridized carbons (Fsp3) is 0.600. The number of rotatable bonds is 7. The van der Waals surface area contributed by atoms with Crippen LogP contribution in [-0.2, 0) is 14.3 Å². The van der Waals surface area contributed by atoms with Crippen LogP contribution in [0.5, 0.6) is 0 Å². The van der Waals surface area contributed by atoms with E-state index in [0.717, 1.165) is 56.8 Å². The first kappa shape index (κ1) is 25.7. The first-order valence-electron chi connectivity index (χ1n) is 9.89. The molecule has 0 bridgehead atoms. The van der Waals surface area contributed by atoms with Gasteiger partial charge in [0.25, 0.3) is 0 Å². The number of hydrogen-bond donors (Lipinski definition) is 3. The number of morpholine rings is 1. The monoisotopic (exact) mass is 446 g/mol. The van der Waals surface area contributed by atoms with Crippen LogP contribution in [0.3, 0.4) is 0 Å². The van der Waals surface area contributed by atoms with Crippen molar-refractivity contribution in [2.24, 2.45) is 5.92 Å². The third kappa shape index (κ3) is 9.31. The van der Waals surface area contributed by atoms with Crippen molar-refractivity contribution in [3.63, 3.8) is 0 Å². The average molecular weight is 447 g/mol. The summed E-state index contributed by atoms with van der Waals surface area (Å²) in [6.45, 7) is 5.43. The Morgan fingerprint density at radius 3 is 2.10 bits per heavy atom. The van der Waals surface area contributed by atoms with Crippen LogP contribution >= 0.6 is 24.8 Å². The van der Waals surface area contributed by atoms with E-state index in [-0.39, 0.29) is 36.6 Å². The van der Waals surface area contributed by atoms with Crippen molar-refractivity contribution in [1.29, 1.82) is 0 Å². The Balaban J connectivity index is 0.00000210. The zero-order chi connectivity index (χ0) is 18.9. The molecule has 29 heavy (non-hydrogen) atoms. The number of halogens is 2. The molecular formula is C20H32Cl2N4O3. The minimum atomic E-state index is -0.0318. The van der Waals surface area contributed by atoms with Gasteiger partial charge in [-0.1, -0.05) is 0 Å². The lowest BCUT2D eigenvalue weighted by atomic mass is 9.93. The summed E-state index contributed by atoms with van der Waals surface area (Å²) in [5, 5.41) is 9.18. The molecule has 1 aromatic rings. The lowest BCUT2D eigenvalue weighted by molar-refractivity contribution is -0.118. The zero-order valence-electron chi connectivity index (χ0n) is 16.7. The van der Waals surface area contributed by atoms with Crippen LogP contribution in [0, 0.1) is 5.92 Å². The molecule has 7 nitrogen and oxygen atoms in total. The molecule has 0 radical (unpaired) electrons. The molecule has 164 valence electrons. The van der Waals surface area contributed by atoms with Crippen LogP contribution < -0.4 is 16.0 Å². The predicted octanol–water partition coefficient (Wildman–Crippen LogP) is 2.52. The summed E-state index contributed by atoms with van der Waals surface area (Å²) in [7, 11) is 0. The molecule has 0 atom stereocenters. The number of ether oxygens (including phenoxy) is 1. The second-order valence-electron chi connectivity index (χ2n) is 7.29. The normalized spacial score (nSPS) is 17.5. The van der Waals surface area contributed by atoms with Gasteiger partial charge in [-0.05, 0) is 62.5 Å². The van der Waals surface area contributed by atoms with E-state index in [9.17, 15) is 9.59 Å². The summed E-state index contributed by atoms with van der Waals surface area (Å²) < 4.78 is 5.29. The van der Waals surface area contributed by atoms with E-state index in [1.54, 1.807) is 0 Å². The van der Waals surface area contributed by atoms with Crippen molar-refractivity contribution >= 4 is 48.0 Å². The van der Waals surface area contributed by atoms with Gasteiger partial charge >= 0.3 is 0 Å². The zero-order valence-corrected chi connectivity index (χ0v) is 18.3. The van der Waals surface area contributed by atoms with Gasteiger partial charge < -0.3 is 20.7 Å². The fourth-order valence-electron chi connectivity index (χ4n) is 3.53. The van der Waals surface area contributed by atoms with Crippen molar-refractivity contribution in [1.82, 2.24) is 10.2 Å². The third-order valence-corrected chi connectivity index (χ3v) is 5.16. The average Bonchev–Trinajstić information content (AvgIpc) is 2.69. The molecule has 9 heteroatoms. The van der Waals surface area contributed by atoms with Crippen LogP contribution in [0.15, 0.2) is 24.3 Å². The Morgan fingerprint density at radius 1 is 0.966 bits per heavy atom. The van der Waals surface area contributed by atoms with E-state index in [2.05, 4.69) is 20.9 Å². The van der Waals surface area contributed by atoms with E-state index in [4.69, 9.17) is 4.74 Å². The number of piperidine rings is 1. The summed E-state index contributed by atoms with van der Waals surface area (Å²) in [6, 6.07) is 7.29. The number of anilines is 2. The van der Waals surface area contributed by atoms with Crippen molar-refractivity contribution in [2.45, 2.75) is 25.7 Å². The van der Waals surface area contributed by atoms with Crippen molar-refractivity contribution in [3.8, 4) is 0 Å². The molecule has 2 fully saturated rings. The van der Waals surface area contributed by atoms with Gasteiger partial charge in [0.1, 0.15) is 0 Å². The van der Waals surface area contributed by atoms with Crippen LogP contribution in [0.25, 0.3) is 0 Å². The Labute approximate surface area is 185 Å². The summed E-state index contributed by atoms with van der Waals surface area (Å²) >= 11 is 0. The molecule has 0 saturated carbocycles. The van der Waals surface area contributed by atoms with Gasteiger partial charge in [-0.25, -0.2) is 0 Å². The maximum absolute atomic E-state index is 12.1. The summed E-state index contributed by atoms with van der Waals surface area (Å²) in [5.41, 5.74) is 1.50. The number of amides is 2. The summed E-state index contributed by atoms with van der Waals surface area (Å²) in [6.07, 6.45) is 3.82. The Bertz CT molecular complexity index is 619. The lowest BCUT2D eigenvalue weighted by Gasteiger charge is -2.25. The molecule has 1 aromatic carbocycles. The van der Waals surface area contributed by atoms with E-state index >= 15 is 0 Å². The Hall–Kier alpha value is -1.38. The molecule has 0 aliphatic carbocycles. The molecule has 3 rings (SSSR count). The SMILES string of the molecule is Cl.Cl.O=C(CCC1CCNCC1)Nc1ccc(NC(=O)CN2CCOCC2)cc1. The van der Waals surface area contributed by atoms with Gasteiger partial charge in [-0.3, -0.25) is 14.5 Å². The number of hydrogen-bond acceptors (Lipinski definition) is 5. The van der Waals surface area contributed by atoms with Gasteiger partial charge in [0.05, 0.1) is 19.8 Å². The van der Waals surface area contributed by atoms with Crippen LogP contribution in [0.2, 0.25) is 0 Å². The number of carbonyl (C=O) groups is 2. The minimum Gasteiger partial charge on any atom is -0.379 e. The van der Waals surface area contributed by atoms with Crippen LogP contribution in [-0.4, -0.2) is 62.7 Å². The van der Waals surface area contributed by atoms with Crippen molar-refractivity contribution in [3.05, 3.63) is 24.3 Å². The minimum absolute atomic E-state index is 0. The maximum Gasteiger partial charge on any atom is 0.238 e. The van der Waals surface area contributed by atoms with Gasteiger partial charge in [0, 0.05) is 30.9 Å². The maximum atomic E-state index is 12.1. The number of nitrogens with zero attached hydrogens (tertiary/aromatic N) is 1. The topological polar surface area (TPSA) is 82.7 Å². The molecule has 3 N–H and O–H groups in total. The van der Waals surface area contributed by atoms with Gasteiger partial charge in [-0.15, -0.1) is 24.8 Å². The molecule has 0 unspecified atom stereocenters. The molecule has 0 spiro atoms. The third-order valence-electron chi connectivity index (χ3n) is 5.16. The predicted molar refractivity (Wildman–Crippen MR) is 120 cm³/mol. The van der Waals surface area contributed by atoms with E-state index in [0.29, 0.717) is 32.1 Å². The Kier molecular flexibility index (Phi) is 12.2. The smallest absolute Gasteiger partial charge is 0.238 e. The van der Waals surface area contributed by atoms with E-state index < -0.39 is 0 Å². The molecule has 0 aromatic heterocycles. The largest absolute Gasteiger partial charge is 0.379 e. The van der Waals surface area contributed by atoms with Gasteiger partial charge in [-0.2, -0.15) is 0 Å². The van der Waals surface area contributed by atoms with Crippen LogP contribution in [0.1, 0.15) is 25.7 Å². The summed E-state index contributed by atoms with van der Waals surface area (Å²) in [4.78, 5) is 26.3.